The van der Waals surface area contributed by atoms with Crippen LogP contribution in [0.15, 0.2) is 47.8 Å². The van der Waals surface area contributed by atoms with Crippen LogP contribution in [0.1, 0.15) is 23.0 Å². The molecule has 2 aromatic heterocycles. The number of H-pyrrole nitrogens is 1. The molecule has 3 rings (SSSR count). The molecular formula is C17H17N3O2S. The number of aromatic amines is 1. The van der Waals surface area contributed by atoms with Gasteiger partial charge in [0.05, 0.1) is 17.2 Å². The number of nitrogens with one attached hydrogen (secondary N) is 2. The number of hydrogen-bond donors (Lipinski definition) is 2. The van der Waals surface area contributed by atoms with Gasteiger partial charge < -0.3 is 10.1 Å². The Labute approximate surface area is 138 Å². The number of para-hydroxylation sites is 1. The molecule has 2 N–H and O–H groups in total. The van der Waals surface area contributed by atoms with Crippen molar-refractivity contribution in [1.29, 1.82) is 0 Å². The largest absolute Gasteiger partial charge is 0.494 e. The first-order valence-electron chi connectivity index (χ1n) is 7.36. The third kappa shape index (κ3) is 3.60. The molecule has 0 unspecified atom stereocenters. The highest BCUT2D eigenvalue weighted by Crippen LogP contribution is 2.23. The lowest BCUT2D eigenvalue weighted by atomic mass is 10.2. The van der Waals surface area contributed by atoms with E-state index in [9.17, 15) is 4.79 Å². The van der Waals surface area contributed by atoms with Gasteiger partial charge in [-0.1, -0.05) is 24.3 Å². The van der Waals surface area contributed by atoms with Gasteiger partial charge in [-0.2, -0.15) is 5.10 Å². The van der Waals surface area contributed by atoms with Crippen LogP contribution in [0.4, 0.5) is 0 Å². The molecule has 0 radical (unpaired) electrons. The molecule has 0 saturated carbocycles. The smallest absolute Gasteiger partial charge is 0.272 e. The molecule has 0 fully saturated rings. The van der Waals surface area contributed by atoms with E-state index in [4.69, 9.17) is 4.74 Å². The second kappa shape index (κ2) is 7.11. The van der Waals surface area contributed by atoms with Crippen molar-refractivity contribution in [1.82, 2.24) is 15.5 Å². The molecule has 0 saturated heterocycles. The Morgan fingerprint density at radius 2 is 2.17 bits per heavy atom. The summed E-state index contributed by atoms with van der Waals surface area (Å²) in [6, 6.07) is 13.4. The lowest BCUT2D eigenvalue weighted by Crippen LogP contribution is -2.23. The normalized spacial score (nSPS) is 10.5. The molecule has 0 aliphatic rings. The van der Waals surface area contributed by atoms with Gasteiger partial charge in [-0.25, -0.2) is 0 Å². The summed E-state index contributed by atoms with van der Waals surface area (Å²) < 4.78 is 5.56. The predicted octanol–water partition coefficient (Wildman–Crippen LogP) is 3.47. The number of amides is 1. The van der Waals surface area contributed by atoms with Crippen molar-refractivity contribution in [3.63, 3.8) is 0 Å². The van der Waals surface area contributed by atoms with Gasteiger partial charge in [-0.15, -0.1) is 11.3 Å². The number of ether oxygens (including phenoxy) is 1. The zero-order valence-corrected chi connectivity index (χ0v) is 13.5. The van der Waals surface area contributed by atoms with Crippen LogP contribution in [-0.4, -0.2) is 22.7 Å². The topological polar surface area (TPSA) is 67.0 Å². The Morgan fingerprint density at radius 1 is 1.30 bits per heavy atom. The van der Waals surface area contributed by atoms with Gasteiger partial charge in [-0.05, 0) is 30.5 Å². The molecule has 0 aliphatic heterocycles. The summed E-state index contributed by atoms with van der Waals surface area (Å²) in [7, 11) is 0. The minimum Gasteiger partial charge on any atom is -0.494 e. The summed E-state index contributed by atoms with van der Waals surface area (Å²) in [4.78, 5) is 13.3. The van der Waals surface area contributed by atoms with Crippen molar-refractivity contribution in [2.24, 2.45) is 0 Å². The van der Waals surface area contributed by atoms with E-state index >= 15 is 0 Å². The van der Waals surface area contributed by atoms with Crippen molar-refractivity contribution >= 4 is 17.2 Å². The van der Waals surface area contributed by atoms with Crippen LogP contribution in [0.2, 0.25) is 0 Å². The van der Waals surface area contributed by atoms with Crippen molar-refractivity contribution in [3.8, 4) is 16.3 Å². The molecule has 0 aliphatic carbocycles. The van der Waals surface area contributed by atoms with E-state index in [1.165, 1.54) is 0 Å². The standard InChI is InChI=1S/C17H17N3O2S/c1-2-22-15-7-4-3-6-12(15)11-18-17(21)14-10-13(19-20-14)16-8-5-9-23-16/h3-10H,2,11H2,1H3,(H,18,21)(H,19,20). The first kappa shape index (κ1) is 15.3. The van der Waals surface area contributed by atoms with Crippen LogP contribution in [0.25, 0.3) is 10.6 Å². The molecule has 3 aromatic rings. The summed E-state index contributed by atoms with van der Waals surface area (Å²) in [5.41, 5.74) is 2.17. The number of nitrogens with zero attached hydrogens (tertiary/aromatic N) is 1. The average molecular weight is 327 g/mol. The number of carbonyl (C=O) groups is 1. The van der Waals surface area contributed by atoms with Crippen LogP contribution in [0.3, 0.4) is 0 Å². The monoisotopic (exact) mass is 327 g/mol. The Morgan fingerprint density at radius 3 is 2.96 bits per heavy atom. The van der Waals surface area contributed by atoms with E-state index in [0.29, 0.717) is 18.8 Å². The fraction of sp³-hybridized carbons (Fsp3) is 0.176. The molecule has 1 aromatic carbocycles. The van der Waals surface area contributed by atoms with E-state index in [1.807, 2.05) is 48.7 Å². The highest BCUT2D eigenvalue weighted by atomic mass is 32.1. The number of aromatic nitrogens is 2. The number of hydrogen-bond acceptors (Lipinski definition) is 4. The molecule has 118 valence electrons. The third-order valence-electron chi connectivity index (χ3n) is 3.31. The first-order valence-corrected chi connectivity index (χ1v) is 8.24. The van der Waals surface area contributed by atoms with E-state index in [0.717, 1.165) is 21.9 Å². The molecule has 0 bridgehead atoms. The van der Waals surface area contributed by atoms with Gasteiger partial charge in [-0.3, -0.25) is 9.89 Å². The van der Waals surface area contributed by atoms with Crippen molar-refractivity contribution in [3.05, 3.63) is 59.1 Å². The van der Waals surface area contributed by atoms with Crippen molar-refractivity contribution in [2.45, 2.75) is 13.5 Å². The van der Waals surface area contributed by atoms with Gasteiger partial charge in [0.25, 0.3) is 5.91 Å². The molecule has 2 heterocycles. The lowest BCUT2D eigenvalue weighted by molar-refractivity contribution is 0.0945. The Balaban J connectivity index is 1.66. The van der Waals surface area contributed by atoms with Gasteiger partial charge >= 0.3 is 0 Å². The maximum Gasteiger partial charge on any atom is 0.272 e. The highest BCUT2D eigenvalue weighted by molar-refractivity contribution is 7.13. The molecule has 0 atom stereocenters. The maximum absolute atomic E-state index is 12.2. The van der Waals surface area contributed by atoms with Gasteiger partial charge in [0, 0.05) is 12.1 Å². The first-order chi connectivity index (χ1) is 11.3. The van der Waals surface area contributed by atoms with Crippen LogP contribution < -0.4 is 10.1 Å². The average Bonchev–Trinajstić information content (AvgIpc) is 3.25. The highest BCUT2D eigenvalue weighted by Gasteiger charge is 2.12. The van der Waals surface area contributed by atoms with Crippen LogP contribution >= 0.6 is 11.3 Å². The lowest BCUT2D eigenvalue weighted by Gasteiger charge is -2.10. The second-order valence-corrected chi connectivity index (χ2v) is 5.82. The van der Waals surface area contributed by atoms with E-state index in [2.05, 4.69) is 15.5 Å². The molecule has 6 heteroatoms. The Bertz CT molecular complexity index is 781. The van der Waals surface area contributed by atoms with E-state index in [-0.39, 0.29) is 5.91 Å². The minimum absolute atomic E-state index is 0.213. The van der Waals surface area contributed by atoms with Crippen molar-refractivity contribution < 1.29 is 9.53 Å². The van der Waals surface area contributed by atoms with Crippen molar-refractivity contribution in [2.75, 3.05) is 6.61 Å². The summed E-state index contributed by atoms with van der Waals surface area (Å²) in [5, 5.41) is 11.8. The third-order valence-corrected chi connectivity index (χ3v) is 4.21. The quantitative estimate of drug-likeness (QED) is 0.728. The fourth-order valence-corrected chi connectivity index (χ4v) is 2.90. The SMILES string of the molecule is CCOc1ccccc1CNC(=O)c1cc(-c2cccs2)[nH]n1. The fourth-order valence-electron chi connectivity index (χ4n) is 2.21. The predicted molar refractivity (Wildman–Crippen MR) is 90.7 cm³/mol. The van der Waals surface area contributed by atoms with E-state index in [1.54, 1.807) is 17.4 Å². The van der Waals surface area contributed by atoms with Gasteiger partial charge in [0.1, 0.15) is 5.75 Å². The number of rotatable bonds is 6. The minimum atomic E-state index is -0.213. The summed E-state index contributed by atoms with van der Waals surface area (Å²) in [5.74, 6) is 0.576. The number of thiophene rings is 1. The zero-order chi connectivity index (χ0) is 16.1. The van der Waals surface area contributed by atoms with Gasteiger partial charge in [0.15, 0.2) is 5.69 Å². The maximum atomic E-state index is 12.2. The van der Waals surface area contributed by atoms with Crippen LogP contribution in [0, 0.1) is 0 Å². The number of carbonyl (C=O) groups excluding carboxylic acids is 1. The Kier molecular flexibility index (Phi) is 4.73. The molecule has 5 nitrogen and oxygen atoms in total. The zero-order valence-electron chi connectivity index (χ0n) is 12.7. The molecule has 0 spiro atoms. The molecular weight excluding hydrogens is 310 g/mol. The van der Waals surface area contributed by atoms with Crippen LogP contribution in [0.5, 0.6) is 5.75 Å². The molecule has 1 amide bonds. The Hall–Kier alpha value is -2.60. The summed E-state index contributed by atoms with van der Waals surface area (Å²) >= 11 is 1.60. The molecule has 23 heavy (non-hydrogen) atoms. The second-order valence-electron chi connectivity index (χ2n) is 4.87. The van der Waals surface area contributed by atoms with Crippen LogP contribution in [-0.2, 0) is 6.54 Å². The van der Waals surface area contributed by atoms with E-state index < -0.39 is 0 Å². The number of benzene rings is 1. The summed E-state index contributed by atoms with van der Waals surface area (Å²) in [6.45, 7) is 2.93. The van der Waals surface area contributed by atoms with Gasteiger partial charge in [0.2, 0.25) is 0 Å². The summed E-state index contributed by atoms with van der Waals surface area (Å²) in [6.07, 6.45) is 0.